The molecule has 10 heteroatoms. The van der Waals surface area contributed by atoms with Gasteiger partial charge in [-0.3, -0.25) is 4.79 Å². The van der Waals surface area contributed by atoms with Crippen LogP contribution < -0.4 is 5.32 Å². The van der Waals surface area contributed by atoms with Gasteiger partial charge in [-0.25, -0.2) is 18.0 Å². The monoisotopic (exact) mass is 481 g/mol. The Morgan fingerprint density at radius 2 is 1.81 bits per heavy atom. The summed E-state index contributed by atoms with van der Waals surface area (Å²) in [6.07, 6.45) is 1.68. The molecule has 1 N–H and O–H groups in total. The number of rotatable bonds is 9. The third-order valence-corrected chi connectivity index (χ3v) is 6.47. The van der Waals surface area contributed by atoms with Crippen LogP contribution in [-0.4, -0.2) is 45.7 Å². The summed E-state index contributed by atoms with van der Waals surface area (Å²) in [5.74, 6) is -1.67. The van der Waals surface area contributed by atoms with E-state index in [-0.39, 0.29) is 17.1 Å². The van der Waals surface area contributed by atoms with E-state index in [1.165, 1.54) is 29.5 Å². The molecule has 0 saturated carbocycles. The molecule has 2 aromatic rings. The molecule has 0 unspecified atom stereocenters. The summed E-state index contributed by atoms with van der Waals surface area (Å²) in [6.45, 7) is 6.98. The minimum atomic E-state index is -3.50. The maximum absolute atomic E-state index is 12.4. The van der Waals surface area contributed by atoms with Crippen LogP contribution in [0.25, 0.3) is 0 Å². The molecule has 1 aromatic heterocycles. The Morgan fingerprint density at radius 3 is 2.41 bits per heavy atom. The Hall–Kier alpha value is -2.72. The second-order valence-electron chi connectivity index (χ2n) is 7.66. The Bertz CT molecular complexity index is 1120. The Labute approximate surface area is 191 Å². The van der Waals surface area contributed by atoms with Crippen molar-refractivity contribution in [2.24, 2.45) is 5.92 Å². The van der Waals surface area contributed by atoms with E-state index in [0.717, 1.165) is 11.8 Å². The molecule has 0 radical (unpaired) electrons. The zero-order chi connectivity index (χ0) is 24.1. The van der Waals surface area contributed by atoms with Gasteiger partial charge in [0.1, 0.15) is 5.00 Å². The van der Waals surface area contributed by atoms with Crippen molar-refractivity contribution in [1.82, 2.24) is 0 Å². The van der Waals surface area contributed by atoms with Crippen molar-refractivity contribution in [2.75, 3.05) is 24.8 Å². The highest BCUT2D eigenvalue weighted by atomic mass is 32.2. The van der Waals surface area contributed by atoms with Gasteiger partial charge in [0.25, 0.3) is 5.91 Å². The van der Waals surface area contributed by atoms with Crippen molar-refractivity contribution in [3.63, 3.8) is 0 Å². The molecular formula is C22H27NO7S2. The second kappa shape index (κ2) is 10.7. The molecule has 0 spiro atoms. The van der Waals surface area contributed by atoms with Crippen molar-refractivity contribution >= 4 is 44.0 Å². The van der Waals surface area contributed by atoms with E-state index < -0.39 is 34.3 Å². The molecule has 1 aromatic carbocycles. The smallest absolute Gasteiger partial charge is 0.341 e. The quantitative estimate of drug-likeness (QED) is 0.544. The summed E-state index contributed by atoms with van der Waals surface area (Å²) >= 11 is 1.20. The van der Waals surface area contributed by atoms with E-state index in [1.54, 1.807) is 19.2 Å². The van der Waals surface area contributed by atoms with Crippen molar-refractivity contribution in [3.8, 4) is 0 Å². The highest BCUT2D eigenvalue weighted by Gasteiger charge is 2.23. The Morgan fingerprint density at radius 1 is 1.12 bits per heavy atom. The molecule has 174 valence electrons. The molecular weight excluding hydrogens is 454 g/mol. The van der Waals surface area contributed by atoms with Gasteiger partial charge in [0, 0.05) is 6.26 Å². The molecule has 2 rings (SSSR count). The number of anilines is 1. The van der Waals surface area contributed by atoms with Gasteiger partial charge in [-0.1, -0.05) is 19.9 Å². The van der Waals surface area contributed by atoms with Crippen LogP contribution in [0.2, 0.25) is 0 Å². The number of sulfone groups is 1. The highest BCUT2D eigenvalue weighted by Crippen LogP contribution is 2.31. The number of esters is 2. The predicted molar refractivity (Wildman–Crippen MR) is 122 cm³/mol. The molecule has 32 heavy (non-hydrogen) atoms. The first-order valence-corrected chi connectivity index (χ1v) is 12.8. The lowest BCUT2D eigenvalue weighted by Crippen LogP contribution is -2.22. The third kappa shape index (κ3) is 6.64. The van der Waals surface area contributed by atoms with E-state index in [2.05, 4.69) is 5.32 Å². The molecule has 0 aliphatic rings. The average molecular weight is 482 g/mol. The van der Waals surface area contributed by atoms with Crippen LogP contribution in [-0.2, 0) is 30.5 Å². The number of aryl methyl sites for hydroxylation is 1. The van der Waals surface area contributed by atoms with Crippen molar-refractivity contribution in [3.05, 3.63) is 45.8 Å². The van der Waals surface area contributed by atoms with Crippen molar-refractivity contribution in [1.29, 1.82) is 0 Å². The topological polar surface area (TPSA) is 116 Å². The first-order chi connectivity index (χ1) is 14.9. The van der Waals surface area contributed by atoms with E-state index in [4.69, 9.17) is 9.47 Å². The SMILES string of the molecule is CCOC(=O)c1c(CC(C)C)csc1NC(=O)COC(=O)c1cc(S(C)(=O)=O)ccc1C. The molecule has 0 aliphatic carbocycles. The number of ether oxygens (including phenoxy) is 2. The van der Waals surface area contributed by atoms with Crippen LogP contribution in [0.3, 0.4) is 0 Å². The van der Waals surface area contributed by atoms with Gasteiger partial charge in [-0.2, -0.15) is 0 Å². The number of carbonyl (C=O) groups excluding carboxylic acids is 3. The predicted octanol–water partition coefficient (Wildman–Crippen LogP) is 3.63. The lowest BCUT2D eigenvalue weighted by atomic mass is 10.0. The fourth-order valence-corrected chi connectivity index (χ4v) is 4.55. The van der Waals surface area contributed by atoms with Crippen LogP contribution in [0.5, 0.6) is 0 Å². The Kier molecular flexibility index (Phi) is 8.57. The average Bonchev–Trinajstić information content (AvgIpc) is 3.07. The standard InChI is InChI=1S/C22H27NO7S2/c1-6-29-22(26)19-15(9-13(2)3)12-31-20(19)23-18(24)11-30-21(25)17-10-16(32(5,27)28)8-7-14(17)4/h7-8,10,12-13H,6,9,11H2,1-5H3,(H,23,24). The van der Waals surface area contributed by atoms with Crippen LogP contribution in [0.15, 0.2) is 28.5 Å². The molecule has 0 fully saturated rings. The van der Waals surface area contributed by atoms with E-state index in [9.17, 15) is 22.8 Å². The number of amides is 1. The maximum Gasteiger partial charge on any atom is 0.341 e. The van der Waals surface area contributed by atoms with Crippen LogP contribution in [0.1, 0.15) is 52.6 Å². The number of nitrogens with one attached hydrogen (secondary N) is 1. The first kappa shape index (κ1) is 25.5. The number of carbonyl (C=O) groups is 3. The van der Waals surface area contributed by atoms with Crippen LogP contribution >= 0.6 is 11.3 Å². The minimum absolute atomic E-state index is 0.0187. The summed E-state index contributed by atoms with van der Waals surface area (Å²) in [4.78, 5) is 37.2. The van der Waals surface area contributed by atoms with Crippen molar-refractivity contribution in [2.45, 2.75) is 39.0 Å². The third-order valence-electron chi connectivity index (χ3n) is 4.42. The fourth-order valence-electron chi connectivity index (χ4n) is 2.93. The van der Waals surface area contributed by atoms with Gasteiger partial charge >= 0.3 is 11.9 Å². The molecule has 0 atom stereocenters. The van der Waals surface area contributed by atoms with Crippen LogP contribution in [0.4, 0.5) is 5.00 Å². The molecule has 8 nitrogen and oxygen atoms in total. The van der Waals surface area contributed by atoms with Gasteiger partial charge in [0.2, 0.25) is 0 Å². The van der Waals surface area contributed by atoms with Gasteiger partial charge in [-0.15, -0.1) is 11.3 Å². The molecule has 0 bridgehead atoms. The highest BCUT2D eigenvalue weighted by molar-refractivity contribution is 7.90. The lowest BCUT2D eigenvalue weighted by molar-refractivity contribution is -0.119. The molecule has 1 amide bonds. The van der Waals surface area contributed by atoms with E-state index >= 15 is 0 Å². The fraction of sp³-hybridized carbons (Fsp3) is 0.409. The maximum atomic E-state index is 12.4. The summed E-state index contributed by atoms with van der Waals surface area (Å²) < 4.78 is 33.7. The normalized spacial score (nSPS) is 11.3. The Balaban J connectivity index is 2.13. The van der Waals surface area contributed by atoms with Crippen molar-refractivity contribution < 1.29 is 32.3 Å². The number of benzene rings is 1. The summed E-state index contributed by atoms with van der Waals surface area (Å²) in [5, 5.41) is 4.73. The van der Waals surface area contributed by atoms with E-state index in [0.29, 0.717) is 28.5 Å². The number of hydrogen-bond donors (Lipinski definition) is 1. The van der Waals surface area contributed by atoms with Gasteiger partial charge < -0.3 is 14.8 Å². The molecule has 0 aliphatic heterocycles. The number of thiophene rings is 1. The van der Waals surface area contributed by atoms with Gasteiger partial charge in [-0.05, 0) is 54.8 Å². The van der Waals surface area contributed by atoms with Gasteiger partial charge in [0.05, 0.1) is 22.6 Å². The zero-order valence-corrected chi connectivity index (χ0v) is 20.3. The molecule has 0 saturated heterocycles. The minimum Gasteiger partial charge on any atom is -0.462 e. The summed E-state index contributed by atoms with van der Waals surface area (Å²) in [6, 6.07) is 4.12. The second-order valence-corrected chi connectivity index (χ2v) is 10.6. The lowest BCUT2D eigenvalue weighted by Gasteiger charge is -2.11. The zero-order valence-electron chi connectivity index (χ0n) is 18.7. The summed E-state index contributed by atoms with van der Waals surface area (Å²) in [7, 11) is -3.50. The number of hydrogen-bond acceptors (Lipinski definition) is 8. The van der Waals surface area contributed by atoms with Gasteiger partial charge in [0.15, 0.2) is 16.4 Å². The largest absolute Gasteiger partial charge is 0.462 e. The first-order valence-electron chi connectivity index (χ1n) is 9.99. The summed E-state index contributed by atoms with van der Waals surface area (Å²) in [5.41, 5.74) is 1.66. The molecule has 1 heterocycles. The van der Waals surface area contributed by atoms with Crippen LogP contribution in [0, 0.1) is 12.8 Å². The van der Waals surface area contributed by atoms with E-state index in [1.807, 2.05) is 13.8 Å².